The molecule has 10 atom stereocenters. The smallest absolute Gasteiger partial charge is 0.238 e. The summed E-state index contributed by atoms with van der Waals surface area (Å²) in [5.41, 5.74) is -1.04. The normalized spacial score (nSPS) is 32.5. The Kier molecular flexibility index (Phi) is 8.90. The number of aliphatic hydroxyl groups excluding tert-OH is 6. The van der Waals surface area contributed by atoms with E-state index in [4.69, 9.17) is 28.1 Å². The summed E-state index contributed by atoms with van der Waals surface area (Å²) < 4.78 is 33.0. The summed E-state index contributed by atoms with van der Waals surface area (Å²) >= 11 is 0. The van der Waals surface area contributed by atoms with Gasteiger partial charge in [-0.15, -0.1) is 0 Å². The first-order valence-electron chi connectivity index (χ1n) is 13.4. The minimum atomic E-state index is -1.91. The molecule has 16 heteroatoms. The van der Waals surface area contributed by atoms with Crippen molar-refractivity contribution in [3.8, 4) is 40.1 Å². The molecule has 2 aliphatic rings. The van der Waals surface area contributed by atoms with Crippen LogP contribution < -0.4 is 14.9 Å². The fraction of sp³-hybridized carbons (Fsp3) is 0.464. The van der Waals surface area contributed by atoms with Crippen LogP contribution in [0.15, 0.2) is 39.5 Å². The molecule has 0 saturated carbocycles. The van der Waals surface area contributed by atoms with Gasteiger partial charge in [0, 0.05) is 11.6 Å². The topological polar surface area (TPSA) is 258 Å². The van der Waals surface area contributed by atoms with Crippen LogP contribution in [0.5, 0.6) is 28.7 Å². The number of aromatic hydroxyl groups is 3. The highest BCUT2D eigenvalue weighted by atomic mass is 16.7. The maximum absolute atomic E-state index is 13.1. The number of phenolic OH excluding ortho intramolecular Hbond substituents is 2. The third-order valence-corrected chi connectivity index (χ3v) is 7.54. The summed E-state index contributed by atoms with van der Waals surface area (Å²) in [6.07, 6.45) is -15.8. The van der Waals surface area contributed by atoms with Crippen LogP contribution in [-0.4, -0.2) is 121 Å². The molecule has 240 valence electrons. The fourth-order valence-corrected chi connectivity index (χ4v) is 4.97. The lowest BCUT2D eigenvalue weighted by Crippen LogP contribution is -2.61. The van der Waals surface area contributed by atoms with Crippen molar-refractivity contribution in [3.05, 3.63) is 40.6 Å². The molecule has 5 rings (SSSR count). The van der Waals surface area contributed by atoms with Gasteiger partial charge in [-0.25, -0.2) is 0 Å². The summed E-state index contributed by atoms with van der Waals surface area (Å²) in [5.74, 6) is -2.82. The predicted octanol–water partition coefficient (Wildman–Crippen LogP) is -1.38. The van der Waals surface area contributed by atoms with E-state index in [1.165, 1.54) is 44.4 Å². The van der Waals surface area contributed by atoms with Crippen molar-refractivity contribution in [2.24, 2.45) is 0 Å². The van der Waals surface area contributed by atoms with Crippen LogP contribution in [0.4, 0.5) is 0 Å². The molecule has 3 heterocycles. The zero-order valence-corrected chi connectivity index (χ0v) is 23.3. The van der Waals surface area contributed by atoms with Gasteiger partial charge in [-0.05, 0) is 31.2 Å². The van der Waals surface area contributed by atoms with Gasteiger partial charge < -0.3 is 74.1 Å². The second-order valence-corrected chi connectivity index (χ2v) is 10.4. The van der Waals surface area contributed by atoms with Gasteiger partial charge in [0.1, 0.15) is 59.4 Å². The van der Waals surface area contributed by atoms with Crippen molar-refractivity contribution >= 4 is 11.0 Å². The molecule has 44 heavy (non-hydrogen) atoms. The Morgan fingerprint density at radius 3 is 2.09 bits per heavy atom. The minimum Gasteiger partial charge on any atom is -0.508 e. The van der Waals surface area contributed by atoms with Gasteiger partial charge in [0.05, 0.1) is 19.8 Å². The Hall–Kier alpha value is -3.71. The summed E-state index contributed by atoms with van der Waals surface area (Å²) in [6.45, 7) is 0.865. The number of hydrogen-bond acceptors (Lipinski definition) is 16. The Bertz CT molecular complexity index is 1540. The third-order valence-electron chi connectivity index (χ3n) is 7.54. The summed E-state index contributed by atoms with van der Waals surface area (Å²) in [6, 6.07) is 6.57. The van der Waals surface area contributed by atoms with Gasteiger partial charge >= 0.3 is 0 Å². The molecule has 0 bridgehead atoms. The molecule has 0 radical (unpaired) electrons. The molecular formula is C28H32O16. The maximum Gasteiger partial charge on any atom is 0.238 e. The van der Waals surface area contributed by atoms with Crippen LogP contribution >= 0.6 is 0 Å². The van der Waals surface area contributed by atoms with E-state index >= 15 is 0 Å². The van der Waals surface area contributed by atoms with Crippen LogP contribution in [0.1, 0.15) is 6.92 Å². The second-order valence-electron chi connectivity index (χ2n) is 10.4. The molecule has 0 spiro atoms. The fourth-order valence-electron chi connectivity index (χ4n) is 4.97. The molecule has 9 N–H and O–H groups in total. The summed E-state index contributed by atoms with van der Waals surface area (Å²) in [4.78, 5) is 13.1. The Balaban J connectivity index is 1.42. The Labute approximate surface area is 248 Å². The third kappa shape index (κ3) is 5.63. The first kappa shape index (κ1) is 31.7. The van der Waals surface area contributed by atoms with Crippen molar-refractivity contribution in [1.82, 2.24) is 0 Å². The van der Waals surface area contributed by atoms with Crippen molar-refractivity contribution in [2.45, 2.75) is 68.3 Å². The van der Waals surface area contributed by atoms with Crippen LogP contribution in [0.25, 0.3) is 22.3 Å². The highest BCUT2D eigenvalue weighted by Gasteiger charge is 2.47. The zero-order chi connectivity index (χ0) is 32.0. The van der Waals surface area contributed by atoms with Crippen molar-refractivity contribution in [2.75, 3.05) is 13.7 Å². The van der Waals surface area contributed by atoms with Gasteiger partial charge in [0.15, 0.2) is 23.5 Å². The standard InChI is InChI=1S/C28H32O16/c1-9-16(30)20(34)23(37)27(41-9)40-8-14-17(31)21(35)24(38)28(43-14)44-26-13(39-2)7-12-15(19(26)33)18(32)22(36)25(42-12)10-3-5-11(29)6-4-10/h3-7,9,14,16-17,20-21,23-24,27-31,33-38H,8H2,1-2H3/t9-,14+,16+,17-,20-,21+,23-,24-,27-,28+/m1/s1. The monoisotopic (exact) mass is 624 g/mol. The van der Waals surface area contributed by atoms with Gasteiger partial charge in [0.2, 0.25) is 23.2 Å². The molecule has 2 fully saturated rings. The first-order chi connectivity index (χ1) is 20.8. The number of benzene rings is 2. The molecule has 2 saturated heterocycles. The number of ether oxygens (including phenoxy) is 5. The number of hydrogen-bond donors (Lipinski definition) is 9. The molecule has 2 aliphatic heterocycles. The predicted molar refractivity (Wildman–Crippen MR) is 145 cm³/mol. The molecule has 16 nitrogen and oxygen atoms in total. The number of aliphatic hydroxyl groups is 6. The lowest BCUT2D eigenvalue weighted by Gasteiger charge is -2.42. The molecule has 1 aromatic heterocycles. The minimum absolute atomic E-state index is 0.0656. The van der Waals surface area contributed by atoms with E-state index < -0.39 is 96.1 Å². The van der Waals surface area contributed by atoms with Crippen molar-refractivity contribution in [3.63, 3.8) is 0 Å². The van der Waals surface area contributed by atoms with E-state index in [1.807, 2.05) is 0 Å². The molecule has 3 aromatic rings. The van der Waals surface area contributed by atoms with E-state index in [0.29, 0.717) is 0 Å². The molecule has 0 aliphatic carbocycles. The molecular weight excluding hydrogens is 592 g/mol. The van der Waals surface area contributed by atoms with Crippen LogP contribution in [0.2, 0.25) is 0 Å². The SMILES string of the molecule is COc1cc2oc(-c3ccc(O)cc3)c(O)c(=O)c2c(O)c1O[C@@H]1O[C@@H](CO[C@@H]2O[C@H](C)[C@H](O)[C@@H](O)[C@H]2O)[C@@H](O)[C@H](O)[C@H]1O. The quantitative estimate of drug-likeness (QED) is 0.147. The van der Waals surface area contributed by atoms with E-state index in [-0.39, 0.29) is 28.4 Å². The summed E-state index contributed by atoms with van der Waals surface area (Å²) in [7, 11) is 1.20. The lowest BCUT2D eigenvalue weighted by atomic mass is 9.98. The van der Waals surface area contributed by atoms with E-state index in [2.05, 4.69) is 0 Å². The van der Waals surface area contributed by atoms with Gasteiger partial charge in [-0.3, -0.25) is 4.79 Å². The van der Waals surface area contributed by atoms with E-state index in [1.54, 1.807) is 0 Å². The maximum atomic E-state index is 13.1. The van der Waals surface area contributed by atoms with E-state index in [0.717, 1.165) is 0 Å². The number of phenols is 2. The largest absolute Gasteiger partial charge is 0.508 e. The van der Waals surface area contributed by atoms with Crippen molar-refractivity contribution < 1.29 is 74.1 Å². The molecule has 2 aromatic carbocycles. The van der Waals surface area contributed by atoms with Crippen LogP contribution in [0, 0.1) is 0 Å². The van der Waals surface area contributed by atoms with Gasteiger partial charge in [-0.2, -0.15) is 0 Å². The average molecular weight is 625 g/mol. The summed E-state index contributed by atoms with van der Waals surface area (Å²) in [5, 5.41) is 92.4. The molecule has 0 unspecified atom stereocenters. The highest BCUT2D eigenvalue weighted by Crippen LogP contribution is 2.45. The van der Waals surface area contributed by atoms with Crippen molar-refractivity contribution in [1.29, 1.82) is 0 Å². The Morgan fingerprint density at radius 2 is 1.43 bits per heavy atom. The van der Waals surface area contributed by atoms with Gasteiger partial charge in [-0.1, -0.05) is 0 Å². The number of methoxy groups -OCH3 is 1. The average Bonchev–Trinajstić information content (AvgIpc) is 3.01. The Morgan fingerprint density at radius 1 is 0.795 bits per heavy atom. The second kappa shape index (κ2) is 12.4. The van der Waals surface area contributed by atoms with Crippen LogP contribution in [-0.2, 0) is 14.2 Å². The first-order valence-corrected chi connectivity index (χ1v) is 13.4. The highest BCUT2D eigenvalue weighted by molar-refractivity contribution is 5.91. The zero-order valence-electron chi connectivity index (χ0n) is 23.3. The molecule has 0 amide bonds. The number of fused-ring (bicyclic) bond motifs is 1. The van der Waals surface area contributed by atoms with Crippen LogP contribution in [0.3, 0.4) is 0 Å². The lowest BCUT2D eigenvalue weighted by molar-refractivity contribution is -0.318. The number of rotatable bonds is 7. The van der Waals surface area contributed by atoms with E-state index in [9.17, 15) is 50.8 Å². The van der Waals surface area contributed by atoms with Gasteiger partial charge in [0.25, 0.3) is 0 Å².